The molecule has 0 N–H and O–H groups in total. The maximum Gasteiger partial charge on any atom is 0.261 e. The molecule has 1 aliphatic rings. The number of carbonyl (C=O) groups is 1. The molecule has 2 aromatic heterocycles. The van der Waals surface area contributed by atoms with Crippen LogP contribution >= 0.6 is 11.3 Å². The number of rotatable bonds is 4. The number of fused-ring (bicyclic) bond motifs is 2. The lowest BCUT2D eigenvalue weighted by atomic mass is 10.1. The smallest absolute Gasteiger partial charge is 0.261 e. The maximum atomic E-state index is 12.9. The molecular weight excluding hydrogens is 384 g/mol. The molecule has 3 heterocycles. The molecule has 4 rings (SSSR count). The van der Waals surface area contributed by atoms with E-state index < -0.39 is 0 Å². The van der Waals surface area contributed by atoms with E-state index in [1.165, 1.54) is 6.42 Å². The van der Waals surface area contributed by atoms with Crippen molar-refractivity contribution in [1.29, 1.82) is 0 Å². The molecule has 152 valence electrons. The molecule has 1 aliphatic heterocycles. The third-order valence-corrected chi connectivity index (χ3v) is 6.50. The Balaban J connectivity index is 1.62. The fourth-order valence-corrected chi connectivity index (χ4v) is 4.58. The predicted molar refractivity (Wildman–Crippen MR) is 115 cm³/mol. The van der Waals surface area contributed by atoms with Crippen LogP contribution in [-0.2, 0) is 25.9 Å². The lowest BCUT2D eigenvalue weighted by molar-refractivity contribution is 0.0783. The zero-order valence-corrected chi connectivity index (χ0v) is 17.8. The number of benzene rings is 1. The molecule has 0 bridgehead atoms. The monoisotopic (exact) mass is 410 g/mol. The zero-order chi connectivity index (χ0) is 20.4. The second-order valence-electron chi connectivity index (χ2n) is 7.63. The van der Waals surface area contributed by atoms with Crippen LogP contribution in [0.15, 0.2) is 28.4 Å². The molecule has 0 atom stereocenters. The summed E-state index contributed by atoms with van der Waals surface area (Å²) >= 11 is 1.62. The maximum absolute atomic E-state index is 12.9. The van der Waals surface area contributed by atoms with E-state index in [-0.39, 0.29) is 11.5 Å². The first kappa shape index (κ1) is 19.8. The Bertz CT molecular complexity index is 1100. The van der Waals surface area contributed by atoms with E-state index in [1.807, 2.05) is 9.95 Å². The van der Waals surface area contributed by atoms with E-state index >= 15 is 0 Å². The standard InChI is InChI=1S/C22H26N4O2S/c1-3-20-23-16(14-29-20)13-25(2)21(27)15-9-10-17-18(12-15)24-19-8-6-4-5-7-11-26(19)22(17)28/h9-10,12,14H,3-8,11,13H2,1-2H3. The van der Waals surface area contributed by atoms with E-state index in [1.54, 1.807) is 41.5 Å². The van der Waals surface area contributed by atoms with Crippen LogP contribution in [0.4, 0.5) is 0 Å². The number of aromatic nitrogens is 3. The molecule has 0 radical (unpaired) electrons. The molecule has 3 aromatic rings. The van der Waals surface area contributed by atoms with E-state index in [0.717, 1.165) is 55.2 Å². The summed E-state index contributed by atoms with van der Waals surface area (Å²) in [6.45, 7) is 3.27. The fraction of sp³-hybridized carbons (Fsp3) is 0.455. The highest BCUT2D eigenvalue weighted by molar-refractivity contribution is 7.09. The topological polar surface area (TPSA) is 68.1 Å². The van der Waals surface area contributed by atoms with Crippen LogP contribution in [0.2, 0.25) is 0 Å². The van der Waals surface area contributed by atoms with Gasteiger partial charge in [0.2, 0.25) is 0 Å². The minimum absolute atomic E-state index is 0.00817. The van der Waals surface area contributed by atoms with Gasteiger partial charge in [0.05, 0.1) is 28.1 Å². The van der Waals surface area contributed by atoms with Gasteiger partial charge in [-0.3, -0.25) is 14.2 Å². The summed E-state index contributed by atoms with van der Waals surface area (Å²) in [5.41, 5.74) is 2.08. The van der Waals surface area contributed by atoms with Crippen LogP contribution in [0.25, 0.3) is 10.9 Å². The van der Waals surface area contributed by atoms with Gasteiger partial charge in [0.25, 0.3) is 11.5 Å². The largest absolute Gasteiger partial charge is 0.336 e. The highest BCUT2D eigenvalue weighted by Gasteiger charge is 2.17. The lowest BCUT2D eigenvalue weighted by Crippen LogP contribution is -2.28. The quantitative estimate of drug-likeness (QED) is 0.656. The Morgan fingerprint density at radius 1 is 1.21 bits per heavy atom. The van der Waals surface area contributed by atoms with Gasteiger partial charge in [-0.2, -0.15) is 0 Å². The third-order valence-electron chi connectivity index (χ3n) is 5.46. The predicted octanol–water partition coefficient (Wildman–Crippen LogP) is 3.80. The van der Waals surface area contributed by atoms with Gasteiger partial charge in [0.1, 0.15) is 5.82 Å². The zero-order valence-electron chi connectivity index (χ0n) is 17.0. The van der Waals surface area contributed by atoms with Gasteiger partial charge in [-0.25, -0.2) is 9.97 Å². The summed E-state index contributed by atoms with van der Waals surface area (Å²) < 4.78 is 1.82. The number of nitrogens with zero attached hydrogens (tertiary/aromatic N) is 4. The summed E-state index contributed by atoms with van der Waals surface area (Å²) in [7, 11) is 1.78. The molecule has 7 heteroatoms. The van der Waals surface area contributed by atoms with Crippen LogP contribution in [-0.4, -0.2) is 32.4 Å². The number of hydrogen-bond donors (Lipinski definition) is 0. The Morgan fingerprint density at radius 2 is 2.03 bits per heavy atom. The first-order chi connectivity index (χ1) is 14.1. The molecule has 6 nitrogen and oxygen atoms in total. The fourth-order valence-electron chi connectivity index (χ4n) is 3.85. The second kappa shape index (κ2) is 8.45. The molecule has 0 saturated carbocycles. The summed E-state index contributed by atoms with van der Waals surface area (Å²) in [4.78, 5) is 36.8. The SMILES string of the molecule is CCc1nc(CN(C)C(=O)c2ccc3c(=O)n4c(nc3c2)CCCCCC4)cs1. The summed E-state index contributed by atoms with van der Waals surface area (Å²) in [5, 5.41) is 3.66. The van der Waals surface area contributed by atoms with Crippen molar-refractivity contribution in [3.05, 3.63) is 56.0 Å². The minimum Gasteiger partial charge on any atom is -0.336 e. The normalized spacial score (nSPS) is 14.3. The average molecular weight is 411 g/mol. The van der Waals surface area contributed by atoms with E-state index in [2.05, 4.69) is 11.9 Å². The minimum atomic E-state index is -0.0911. The van der Waals surface area contributed by atoms with E-state index in [0.29, 0.717) is 23.0 Å². The highest BCUT2D eigenvalue weighted by atomic mass is 32.1. The van der Waals surface area contributed by atoms with Gasteiger partial charge in [0.15, 0.2) is 0 Å². The molecule has 0 unspecified atom stereocenters. The molecule has 0 fully saturated rings. The number of thiazole rings is 1. The van der Waals surface area contributed by atoms with Crippen LogP contribution in [0.1, 0.15) is 59.5 Å². The number of hydrogen-bond acceptors (Lipinski definition) is 5. The van der Waals surface area contributed by atoms with E-state index in [4.69, 9.17) is 4.98 Å². The van der Waals surface area contributed by atoms with Crippen molar-refractivity contribution in [1.82, 2.24) is 19.4 Å². The molecule has 29 heavy (non-hydrogen) atoms. The van der Waals surface area contributed by atoms with Crippen molar-refractivity contribution in [3.63, 3.8) is 0 Å². The molecule has 0 saturated heterocycles. The summed E-state index contributed by atoms with van der Waals surface area (Å²) in [6.07, 6.45) is 6.10. The van der Waals surface area contributed by atoms with Gasteiger partial charge < -0.3 is 4.90 Å². The first-order valence-corrected chi connectivity index (χ1v) is 11.2. The van der Waals surface area contributed by atoms with Crippen molar-refractivity contribution in [2.24, 2.45) is 0 Å². The number of carbonyl (C=O) groups excluding carboxylic acids is 1. The lowest BCUT2D eigenvalue weighted by Gasteiger charge is -2.18. The summed E-state index contributed by atoms with van der Waals surface area (Å²) in [6, 6.07) is 5.24. The van der Waals surface area contributed by atoms with Crippen LogP contribution in [0.5, 0.6) is 0 Å². The Morgan fingerprint density at radius 3 is 2.83 bits per heavy atom. The Hall–Kier alpha value is -2.54. The molecule has 1 aromatic carbocycles. The molecule has 0 aliphatic carbocycles. The van der Waals surface area contributed by atoms with E-state index in [9.17, 15) is 9.59 Å². The van der Waals surface area contributed by atoms with Crippen LogP contribution in [0, 0.1) is 0 Å². The first-order valence-electron chi connectivity index (χ1n) is 10.3. The van der Waals surface area contributed by atoms with Gasteiger partial charge in [-0.15, -0.1) is 11.3 Å². The molecule has 0 spiro atoms. The summed E-state index contributed by atoms with van der Waals surface area (Å²) in [5.74, 6) is 0.751. The third kappa shape index (κ3) is 4.10. The van der Waals surface area contributed by atoms with Crippen molar-refractivity contribution in [2.45, 2.75) is 58.5 Å². The van der Waals surface area contributed by atoms with Gasteiger partial charge in [0, 0.05) is 31.0 Å². The Labute approximate surface area is 174 Å². The van der Waals surface area contributed by atoms with Gasteiger partial charge >= 0.3 is 0 Å². The second-order valence-corrected chi connectivity index (χ2v) is 8.57. The highest BCUT2D eigenvalue weighted by Crippen LogP contribution is 2.18. The number of amides is 1. The van der Waals surface area contributed by atoms with Crippen molar-refractivity contribution in [2.75, 3.05) is 7.05 Å². The van der Waals surface area contributed by atoms with Crippen molar-refractivity contribution in [3.8, 4) is 0 Å². The van der Waals surface area contributed by atoms with Crippen molar-refractivity contribution < 1.29 is 4.79 Å². The van der Waals surface area contributed by atoms with Gasteiger partial charge in [-0.05, 0) is 37.5 Å². The molecule has 1 amide bonds. The van der Waals surface area contributed by atoms with Crippen LogP contribution in [0.3, 0.4) is 0 Å². The van der Waals surface area contributed by atoms with Crippen molar-refractivity contribution >= 4 is 28.1 Å². The van der Waals surface area contributed by atoms with Crippen LogP contribution < -0.4 is 5.56 Å². The number of aryl methyl sites for hydroxylation is 2. The molecular formula is C22H26N4O2S. The van der Waals surface area contributed by atoms with Gasteiger partial charge in [-0.1, -0.05) is 19.8 Å². The Kier molecular flexibility index (Phi) is 5.76. The average Bonchev–Trinajstić information content (AvgIpc) is 3.16.